The van der Waals surface area contributed by atoms with Crippen molar-refractivity contribution >= 4 is 17.8 Å². The Kier molecular flexibility index (Phi) is 7.32. The van der Waals surface area contributed by atoms with Crippen LogP contribution < -0.4 is 21.9 Å². The van der Waals surface area contributed by atoms with Crippen molar-refractivity contribution in [3.8, 4) is 0 Å². The van der Waals surface area contributed by atoms with E-state index in [0.717, 1.165) is 5.56 Å². The number of carbonyl (C=O) groups excluding carboxylic acids is 1. The minimum atomic E-state index is -1.18. The van der Waals surface area contributed by atoms with Gasteiger partial charge in [-0.05, 0) is 24.5 Å². The lowest BCUT2D eigenvalue weighted by Gasteiger charge is -2.17. The Balaban J connectivity index is 2.13. The van der Waals surface area contributed by atoms with Crippen molar-refractivity contribution in [2.75, 3.05) is 6.54 Å². The molecule has 0 aliphatic rings. The Morgan fingerprint density at radius 2 is 1.86 bits per heavy atom. The third kappa shape index (κ3) is 5.97. The Labute approximate surface area is 161 Å². The number of carboxylic acids is 1. The van der Waals surface area contributed by atoms with Gasteiger partial charge in [0.25, 0.3) is 11.5 Å². The number of nitrogens with two attached hydrogens (primary N) is 1. The quantitative estimate of drug-likeness (QED) is 0.239. The molecule has 1 aromatic carbocycles. The molecule has 148 valence electrons. The van der Waals surface area contributed by atoms with Gasteiger partial charge in [0.15, 0.2) is 5.96 Å². The number of aromatic nitrogens is 1. The highest BCUT2D eigenvalue weighted by atomic mass is 16.4. The van der Waals surface area contributed by atoms with Gasteiger partial charge < -0.3 is 21.5 Å². The molecule has 1 atom stereocenters. The SMILES string of the molecule is N=C(N)NCCC[C@H](NC(=O)c1cccc(=O)n1Cc1ccccc1)C(=O)O. The molecule has 0 radical (unpaired) electrons. The van der Waals surface area contributed by atoms with Crippen LogP contribution in [0.3, 0.4) is 0 Å². The number of pyridine rings is 1. The molecule has 1 amide bonds. The van der Waals surface area contributed by atoms with Crippen LogP contribution in [-0.4, -0.2) is 40.1 Å². The van der Waals surface area contributed by atoms with Gasteiger partial charge in [-0.15, -0.1) is 0 Å². The van der Waals surface area contributed by atoms with Gasteiger partial charge in [0.1, 0.15) is 11.7 Å². The number of guanidine groups is 1. The standard InChI is InChI=1S/C19H23N5O4/c20-19(21)22-11-5-8-14(18(27)28)23-17(26)15-9-4-10-16(25)24(15)12-13-6-2-1-3-7-13/h1-4,6-7,9-10,14H,5,8,11-12H2,(H,23,26)(H,27,28)(H4,20,21,22)/t14-/m0/s1. The van der Waals surface area contributed by atoms with E-state index in [1.807, 2.05) is 30.3 Å². The molecule has 0 fully saturated rings. The van der Waals surface area contributed by atoms with Crippen molar-refractivity contribution in [3.63, 3.8) is 0 Å². The molecule has 0 saturated heterocycles. The molecule has 9 nitrogen and oxygen atoms in total. The maximum atomic E-state index is 12.7. The summed E-state index contributed by atoms with van der Waals surface area (Å²) in [4.78, 5) is 36.4. The summed E-state index contributed by atoms with van der Waals surface area (Å²) in [6, 6.07) is 12.4. The number of rotatable bonds is 9. The van der Waals surface area contributed by atoms with Crippen LogP contribution in [0.2, 0.25) is 0 Å². The van der Waals surface area contributed by atoms with E-state index in [9.17, 15) is 19.5 Å². The first kappa shape index (κ1) is 20.7. The van der Waals surface area contributed by atoms with Crippen LogP contribution in [0, 0.1) is 5.41 Å². The number of aliphatic carboxylic acids is 1. The van der Waals surface area contributed by atoms with Gasteiger partial charge in [0.2, 0.25) is 0 Å². The lowest BCUT2D eigenvalue weighted by molar-refractivity contribution is -0.139. The molecular weight excluding hydrogens is 362 g/mol. The summed E-state index contributed by atoms with van der Waals surface area (Å²) in [6.07, 6.45) is 0.541. The summed E-state index contributed by atoms with van der Waals surface area (Å²) in [5, 5.41) is 21.5. The van der Waals surface area contributed by atoms with Crippen LogP contribution in [0.4, 0.5) is 0 Å². The average Bonchev–Trinajstić information content (AvgIpc) is 2.66. The van der Waals surface area contributed by atoms with Crippen molar-refractivity contribution in [1.82, 2.24) is 15.2 Å². The predicted molar refractivity (Wildman–Crippen MR) is 104 cm³/mol. The van der Waals surface area contributed by atoms with E-state index in [1.54, 1.807) is 0 Å². The van der Waals surface area contributed by atoms with Crippen molar-refractivity contribution in [1.29, 1.82) is 5.41 Å². The molecule has 6 N–H and O–H groups in total. The summed E-state index contributed by atoms with van der Waals surface area (Å²) >= 11 is 0. The number of nitrogens with one attached hydrogen (secondary N) is 3. The number of benzene rings is 1. The second kappa shape index (κ2) is 9.91. The predicted octanol–water partition coefficient (Wildman–Crippen LogP) is 0.343. The zero-order valence-corrected chi connectivity index (χ0v) is 15.2. The molecule has 2 rings (SSSR count). The lowest BCUT2D eigenvalue weighted by atomic mass is 10.1. The molecule has 1 heterocycles. The Hall–Kier alpha value is -3.62. The highest BCUT2D eigenvalue weighted by Crippen LogP contribution is 2.06. The zero-order valence-electron chi connectivity index (χ0n) is 15.2. The second-order valence-corrected chi connectivity index (χ2v) is 6.17. The molecule has 0 aliphatic heterocycles. The van der Waals surface area contributed by atoms with Gasteiger partial charge in [0, 0.05) is 12.6 Å². The van der Waals surface area contributed by atoms with E-state index < -0.39 is 17.9 Å². The van der Waals surface area contributed by atoms with Crippen LogP contribution in [0.25, 0.3) is 0 Å². The fraction of sp³-hybridized carbons (Fsp3) is 0.263. The molecule has 1 aromatic heterocycles. The van der Waals surface area contributed by atoms with Crippen molar-refractivity contribution in [3.05, 3.63) is 70.1 Å². The van der Waals surface area contributed by atoms with Crippen LogP contribution in [0.1, 0.15) is 28.9 Å². The van der Waals surface area contributed by atoms with E-state index in [1.165, 1.54) is 22.8 Å². The number of amides is 1. The van der Waals surface area contributed by atoms with Gasteiger partial charge in [-0.25, -0.2) is 4.79 Å². The Morgan fingerprint density at radius 3 is 2.50 bits per heavy atom. The smallest absolute Gasteiger partial charge is 0.326 e. The summed E-state index contributed by atoms with van der Waals surface area (Å²) in [6.45, 7) is 0.516. The van der Waals surface area contributed by atoms with Gasteiger partial charge in [-0.2, -0.15) is 0 Å². The zero-order chi connectivity index (χ0) is 20.5. The van der Waals surface area contributed by atoms with Crippen LogP contribution in [-0.2, 0) is 11.3 Å². The summed E-state index contributed by atoms with van der Waals surface area (Å²) in [5.41, 5.74) is 5.75. The highest BCUT2D eigenvalue weighted by Gasteiger charge is 2.22. The molecule has 28 heavy (non-hydrogen) atoms. The van der Waals surface area contributed by atoms with Crippen LogP contribution in [0.5, 0.6) is 0 Å². The van der Waals surface area contributed by atoms with Gasteiger partial charge in [-0.1, -0.05) is 36.4 Å². The summed E-state index contributed by atoms with van der Waals surface area (Å²) < 4.78 is 1.31. The van der Waals surface area contributed by atoms with Crippen LogP contribution >= 0.6 is 0 Å². The van der Waals surface area contributed by atoms with Gasteiger partial charge in [0.05, 0.1) is 6.54 Å². The number of carboxylic acid groups (broad SMARTS) is 1. The van der Waals surface area contributed by atoms with E-state index in [-0.39, 0.29) is 30.2 Å². The maximum absolute atomic E-state index is 12.7. The highest BCUT2D eigenvalue weighted by molar-refractivity contribution is 5.95. The molecule has 0 spiro atoms. The molecule has 0 unspecified atom stereocenters. The fourth-order valence-electron chi connectivity index (χ4n) is 2.67. The maximum Gasteiger partial charge on any atom is 0.326 e. The molecule has 0 aliphatic carbocycles. The first-order valence-corrected chi connectivity index (χ1v) is 8.74. The first-order valence-electron chi connectivity index (χ1n) is 8.74. The Morgan fingerprint density at radius 1 is 1.14 bits per heavy atom. The van der Waals surface area contributed by atoms with E-state index in [4.69, 9.17) is 11.1 Å². The molecule has 0 saturated carbocycles. The molecule has 9 heteroatoms. The normalized spacial score (nSPS) is 11.4. The van der Waals surface area contributed by atoms with Crippen molar-refractivity contribution in [2.24, 2.45) is 5.73 Å². The first-order chi connectivity index (χ1) is 13.4. The van der Waals surface area contributed by atoms with Crippen LogP contribution in [0.15, 0.2) is 53.3 Å². The number of hydrogen-bond acceptors (Lipinski definition) is 4. The number of hydrogen-bond donors (Lipinski definition) is 5. The number of nitrogens with zero attached hydrogens (tertiary/aromatic N) is 1. The topological polar surface area (TPSA) is 150 Å². The minimum absolute atomic E-state index is 0.0875. The van der Waals surface area contributed by atoms with E-state index in [0.29, 0.717) is 13.0 Å². The van der Waals surface area contributed by atoms with Crippen molar-refractivity contribution < 1.29 is 14.7 Å². The molecule has 2 aromatic rings. The summed E-state index contributed by atoms with van der Waals surface area (Å²) in [7, 11) is 0. The largest absolute Gasteiger partial charge is 0.480 e. The van der Waals surface area contributed by atoms with E-state index in [2.05, 4.69) is 10.6 Å². The lowest BCUT2D eigenvalue weighted by Crippen LogP contribution is -2.43. The van der Waals surface area contributed by atoms with Gasteiger partial charge in [-0.3, -0.25) is 19.6 Å². The van der Waals surface area contributed by atoms with E-state index >= 15 is 0 Å². The van der Waals surface area contributed by atoms with Gasteiger partial charge >= 0.3 is 5.97 Å². The second-order valence-electron chi connectivity index (χ2n) is 6.17. The Bertz CT molecular complexity index is 895. The number of carbonyl (C=O) groups is 2. The van der Waals surface area contributed by atoms with Crippen molar-refractivity contribution in [2.45, 2.75) is 25.4 Å². The molecule has 0 bridgehead atoms. The third-order valence-electron chi connectivity index (χ3n) is 4.05. The monoisotopic (exact) mass is 385 g/mol. The summed E-state index contributed by atoms with van der Waals surface area (Å²) in [5.74, 6) is -2.02. The third-order valence-corrected chi connectivity index (χ3v) is 4.05. The minimum Gasteiger partial charge on any atom is -0.480 e. The molecular formula is C19H23N5O4. The average molecular weight is 385 g/mol. The fourth-order valence-corrected chi connectivity index (χ4v) is 2.67.